The summed E-state index contributed by atoms with van der Waals surface area (Å²) in [6, 6.07) is 5.38. The van der Waals surface area contributed by atoms with E-state index >= 15 is 0 Å². The average molecular weight is 446 g/mol. The van der Waals surface area contributed by atoms with Crippen LogP contribution in [0, 0.1) is 0 Å². The molecule has 0 bridgehead atoms. The minimum absolute atomic E-state index is 0.697. The number of hydrogen-bond donors (Lipinski definition) is 0. The molecule has 2 saturated heterocycles. The molecule has 6 heterocycles. The van der Waals surface area contributed by atoms with Crippen LogP contribution in [-0.4, -0.2) is 70.1 Å². The van der Waals surface area contributed by atoms with E-state index < -0.39 is 0 Å². The molecule has 0 spiro atoms. The Balaban J connectivity index is 1.13. The zero-order valence-corrected chi connectivity index (χ0v) is 19.1. The molecular formula is C25H31N7O. The van der Waals surface area contributed by atoms with Crippen molar-refractivity contribution >= 4 is 28.8 Å². The summed E-state index contributed by atoms with van der Waals surface area (Å²) in [5, 5.41) is 0. The summed E-state index contributed by atoms with van der Waals surface area (Å²) < 4.78 is 6.19. The first-order chi connectivity index (χ1) is 16.3. The van der Waals surface area contributed by atoms with Crippen LogP contribution in [0.3, 0.4) is 0 Å². The number of likely N-dealkylation sites (tertiary alicyclic amines) is 1. The van der Waals surface area contributed by atoms with Crippen molar-refractivity contribution in [2.24, 2.45) is 0 Å². The first-order valence-electron chi connectivity index (χ1n) is 12.3. The van der Waals surface area contributed by atoms with Gasteiger partial charge in [0.2, 0.25) is 11.6 Å². The molecule has 8 nitrogen and oxygen atoms in total. The molecule has 0 N–H and O–H groups in total. The number of nitrogens with zero attached hydrogens (tertiary/aromatic N) is 7. The fourth-order valence-electron chi connectivity index (χ4n) is 5.39. The minimum atomic E-state index is 0.697. The largest absolute Gasteiger partial charge is 0.422 e. The summed E-state index contributed by atoms with van der Waals surface area (Å²) in [6.45, 7) is 6.23. The number of piperidine rings is 2. The van der Waals surface area contributed by atoms with Gasteiger partial charge in [0.15, 0.2) is 5.58 Å². The Morgan fingerprint density at radius 2 is 1.70 bits per heavy atom. The summed E-state index contributed by atoms with van der Waals surface area (Å²) in [5.74, 6) is 0.783. The van der Waals surface area contributed by atoms with Gasteiger partial charge < -0.3 is 19.1 Å². The van der Waals surface area contributed by atoms with Crippen LogP contribution in [0.15, 0.2) is 41.2 Å². The van der Waals surface area contributed by atoms with E-state index in [1.807, 2.05) is 12.3 Å². The normalized spacial score (nSPS) is 20.9. The zero-order valence-electron chi connectivity index (χ0n) is 19.1. The lowest BCUT2D eigenvalue weighted by Crippen LogP contribution is -2.46. The van der Waals surface area contributed by atoms with E-state index in [0.717, 1.165) is 61.8 Å². The van der Waals surface area contributed by atoms with Crippen LogP contribution < -0.4 is 9.80 Å². The van der Waals surface area contributed by atoms with Gasteiger partial charge in [-0.3, -0.25) is 0 Å². The smallest absolute Gasteiger partial charge is 0.299 e. The number of oxazole rings is 1. The summed E-state index contributed by atoms with van der Waals surface area (Å²) in [5.41, 5.74) is 3.87. The molecule has 3 aliphatic heterocycles. The molecule has 33 heavy (non-hydrogen) atoms. The maximum absolute atomic E-state index is 6.19. The molecule has 172 valence electrons. The molecule has 0 atom stereocenters. The van der Waals surface area contributed by atoms with Gasteiger partial charge in [0.05, 0.1) is 0 Å². The molecule has 0 aromatic carbocycles. The topological polar surface area (TPSA) is 74.4 Å². The Kier molecular flexibility index (Phi) is 5.68. The Morgan fingerprint density at radius 1 is 0.879 bits per heavy atom. The summed E-state index contributed by atoms with van der Waals surface area (Å²) in [7, 11) is 0. The van der Waals surface area contributed by atoms with Gasteiger partial charge in [-0.1, -0.05) is 12.5 Å². The number of fused-ring (bicyclic) bond motifs is 1. The second-order valence-electron chi connectivity index (χ2n) is 9.33. The maximum atomic E-state index is 6.19. The Bertz CT molecular complexity index is 1110. The van der Waals surface area contributed by atoms with Gasteiger partial charge >= 0.3 is 0 Å². The third-order valence-corrected chi connectivity index (χ3v) is 7.29. The van der Waals surface area contributed by atoms with E-state index in [2.05, 4.69) is 41.8 Å². The molecule has 0 unspecified atom stereocenters. The maximum Gasteiger partial charge on any atom is 0.299 e. The van der Waals surface area contributed by atoms with E-state index in [1.54, 1.807) is 12.4 Å². The number of aromatic nitrogens is 4. The molecule has 3 aromatic heterocycles. The van der Waals surface area contributed by atoms with Crippen molar-refractivity contribution in [2.45, 2.75) is 44.6 Å². The summed E-state index contributed by atoms with van der Waals surface area (Å²) in [4.78, 5) is 25.2. The Labute approximate surface area is 194 Å². The van der Waals surface area contributed by atoms with Crippen molar-refractivity contribution in [3.63, 3.8) is 0 Å². The van der Waals surface area contributed by atoms with Crippen molar-refractivity contribution < 1.29 is 4.42 Å². The number of anilines is 2. The van der Waals surface area contributed by atoms with E-state index in [-0.39, 0.29) is 0 Å². The first-order valence-corrected chi connectivity index (χ1v) is 12.3. The van der Waals surface area contributed by atoms with Crippen molar-refractivity contribution in [1.82, 2.24) is 24.8 Å². The third-order valence-electron chi connectivity index (χ3n) is 7.29. The number of hydrogen-bond acceptors (Lipinski definition) is 8. The van der Waals surface area contributed by atoms with E-state index in [0.29, 0.717) is 5.65 Å². The van der Waals surface area contributed by atoms with Crippen molar-refractivity contribution in [1.29, 1.82) is 0 Å². The summed E-state index contributed by atoms with van der Waals surface area (Å²) >= 11 is 0. The van der Waals surface area contributed by atoms with Crippen molar-refractivity contribution in [3.05, 3.63) is 42.4 Å². The monoisotopic (exact) mass is 445 g/mol. The number of rotatable bonds is 4. The lowest BCUT2D eigenvalue weighted by atomic mass is 10.0. The highest BCUT2D eigenvalue weighted by Gasteiger charge is 2.27. The van der Waals surface area contributed by atoms with Gasteiger partial charge in [-0.05, 0) is 68.5 Å². The lowest BCUT2D eigenvalue weighted by molar-refractivity contribution is 0.140. The first kappa shape index (κ1) is 20.6. The fraction of sp³-hybridized carbons (Fsp3) is 0.520. The van der Waals surface area contributed by atoms with Crippen LogP contribution >= 0.6 is 0 Å². The summed E-state index contributed by atoms with van der Waals surface area (Å²) in [6.07, 6.45) is 15.1. The van der Waals surface area contributed by atoms with Gasteiger partial charge in [0, 0.05) is 50.8 Å². The van der Waals surface area contributed by atoms with Gasteiger partial charge in [0.25, 0.3) is 6.01 Å². The minimum Gasteiger partial charge on any atom is -0.422 e. The van der Waals surface area contributed by atoms with E-state index in [9.17, 15) is 0 Å². The molecule has 3 aromatic rings. The molecule has 0 radical (unpaired) electrons. The van der Waals surface area contributed by atoms with Gasteiger partial charge in [-0.25, -0.2) is 15.0 Å². The van der Waals surface area contributed by atoms with E-state index in [4.69, 9.17) is 9.40 Å². The second kappa shape index (κ2) is 9.09. The van der Waals surface area contributed by atoms with Gasteiger partial charge in [-0.15, -0.1) is 0 Å². The molecule has 0 amide bonds. The highest BCUT2D eigenvalue weighted by Crippen LogP contribution is 2.29. The molecular weight excluding hydrogens is 414 g/mol. The molecule has 2 fully saturated rings. The fourth-order valence-corrected chi connectivity index (χ4v) is 5.39. The van der Waals surface area contributed by atoms with Crippen LogP contribution in [0.25, 0.3) is 16.8 Å². The highest BCUT2D eigenvalue weighted by atomic mass is 16.4. The van der Waals surface area contributed by atoms with Crippen LogP contribution in [0.1, 0.15) is 44.1 Å². The molecule has 6 rings (SSSR count). The Hall–Kier alpha value is -3.00. The van der Waals surface area contributed by atoms with Crippen molar-refractivity contribution in [2.75, 3.05) is 49.1 Å². The predicted octanol–water partition coefficient (Wildman–Crippen LogP) is 3.76. The van der Waals surface area contributed by atoms with E-state index in [1.165, 1.54) is 50.8 Å². The average Bonchev–Trinajstić information content (AvgIpc) is 3.33. The SMILES string of the molecule is C1=C(c2cnc3nc(N4CCC(N5CCCCC5)CC4)oc3c2)CCN(c2ncccn2)C1. The van der Waals surface area contributed by atoms with Crippen LogP contribution in [0.5, 0.6) is 0 Å². The number of pyridine rings is 1. The highest BCUT2D eigenvalue weighted by molar-refractivity contribution is 5.77. The third kappa shape index (κ3) is 4.31. The standard InChI is InChI=1S/C25H31N7O/c1-2-11-30(12-3-1)21-7-15-32(16-8-21)25-29-23-22(33-25)17-20(18-28-23)19-5-13-31(14-6-19)24-26-9-4-10-27-24/h4-5,9-10,17-18,21H,1-3,6-8,11-16H2. The van der Waals surface area contributed by atoms with Crippen LogP contribution in [-0.2, 0) is 0 Å². The van der Waals surface area contributed by atoms with Gasteiger partial charge in [-0.2, -0.15) is 4.98 Å². The van der Waals surface area contributed by atoms with Crippen molar-refractivity contribution in [3.8, 4) is 0 Å². The second-order valence-corrected chi connectivity index (χ2v) is 9.33. The molecule has 3 aliphatic rings. The Morgan fingerprint density at radius 3 is 2.45 bits per heavy atom. The predicted molar refractivity (Wildman–Crippen MR) is 129 cm³/mol. The van der Waals surface area contributed by atoms with Crippen LogP contribution in [0.4, 0.5) is 12.0 Å². The lowest BCUT2D eigenvalue weighted by Gasteiger charge is -2.39. The quantitative estimate of drug-likeness (QED) is 0.601. The molecule has 0 aliphatic carbocycles. The van der Waals surface area contributed by atoms with Crippen LogP contribution in [0.2, 0.25) is 0 Å². The van der Waals surface area contributed by atoms with Gasteiger partial charge in [0.1, 0.15) is 0 Å². The zero-order chi connectivity index (χ0) is 22.0. The molecule has 0 saturated carbocycles. The molecule has 8 heteroatoms.